The van der Waals surface area contributed by atoms with Crippen LogP contribution >= 0.6 is 22.9 Å². The highest BCUT2D eigenvalue weighted by Gasteiger charge is 2.14. The Labute approximate surface area is 103 Å². The van der Waals surface area contributed by atoms with Crippen molar-refractivity contribution in [2.75, 3.05) is 0 Å². The fourth-order valence-corrected chi connectivity index (χ4v) is 2.59. The highest BCUT2D eigenvalue weighted by atomic mass is 35.5. The van der Waals surface area contributed by atoms with Gasteiger partial charge in [0, 0.05) is 23.2 Å². The molecule has 0 aliphatic carbocycles. The van der Waals surface area contributed by atoms with E-state index < -0.39 is 6.10 Å². The van der Waals surface area contributed by atoms with E-state index in [0.717, 1.165) is 23.4 Å². The molecule has 1 atom stereocenters. The summed E-state index contributed by atoms with van der Waals surface area (Å²) in [5, 5.41) is 14.3. The van der Waals surface area contributed by atoms with E-state index in [-0.39, 0.29) is 0 Å². The fourth-order valence-electron chi connectivity index (χ4n) is 1.51. The quantitative estimate of drug-likeness (QED) is 0.913. The topological polar surface area (TPSA) is 38.0 Å². The lowest BCUT2D eigenvalue weighted by Crippen LogP contribution is -1.97. The zero-order valence-corrected chi connectivity index (χ0v) is 10.5. The third-order valence-corrected chi connectivity index (χ3v) is 3.57. The van der Waals surface area contributed by atoms with Crippen LogP contribution in [0.2, 0.25) is 4.34 Å². The molecule has 2 rings (SSSR count). The lowest BCUT2D eigenvalue weighted by molar-refractivity contribution is 0.224. The molecule has 0 aromatic carbocycles. The van der Waals surface area contributed by atoms with E-state index in [1.165, 1.54) is 11.3 Å². The Morgan fingerprint density at radius 3 is 3.00 bits per heavy atom. The van der Waals surface area contributed by atoms with Crippen LogP contribution in [0.25, 0.3) is 0 Å². The summed E-state index contributed by atoms with van der Waals surface area (Å²) in [4.78, 5) is 0.848. The number of hydrogen-bond donors (Lipinski definition) is 1. The van der Waals surface area contributed by atoms with Crippen LogP contribution in [0.3, 0.4) is 0 Å². The number of hydrogen-bond acceptors (Lipinski definition) is 3. The summed E-state index contributed by atoms with van der Waals surface area (Å²) in [5.41, 5.74) is 0.812. The maximum atomic E-state index is 10.1. The van der Waals surface area contributed by atoms with Crippen molar-refractivity contribution in [1.82, 2.24) is 9.78 Å². The van der Waals surface area contributed by atoms with Gasteiger partial charge in [-0.05, 0) is 18.6 Å². The Hall–Kier alpha value is -0.840. The van der Waals surface area contributed by atoms with Crippen LogP contribution in [0.4, 0.5) is 0 Å². The molecule has 1 unspecified atom stereocenters. The van der Waals surface area contributed by atoms with Gasteiger partial charge in [0.15, 0.2) is 0 Å². The zero-order chi connectivity index (χ0) is 11.5. The molecule has 2 heterocycles. The molecule has 3 nitrogen and oxygen atoms in total. The van der Waals surface area contributed by atoms with E-state index in [0.29, 0.717) is 4.34 Å². The van der Waals surface area contributed by atoms with Gasteiger partial charge >= 0.3 is 0 Å². The Morgan fingerprint density at radius 2 is 2.38 bits per heavy atom. The van der Waals surface area contributed by atoms with Gasteiger partial charge < -0.3 is 5.11 Å². The van der Waals surface area contributed by atoms with Crippen LogP contribution in [-0.4, -0.2) is 14.9 Å². The van der Waals surface area contributed by atoms with Crippen LogP contribution in [0, 0.1) is 0 Å². The summed E-state index contributed by atoms with van der Waals surface area (Å²) in [7, 11) is 0. The van der Waals surface area contributed by atoms with Crippen molar-refractivity contribution in [3.8, 4) is 0 Å². The van der Waals surface area contributed by atoms with Gasteiger partial charge in [0.2, 0.25) is 0 Å². The summed E-state index contributed by atoms with van der Waals surface area (Å²) < 4.78 is 2.53. The number of thiophene rings is 1. The second-order valence-electron chi connectivity index (χ2n) is 3.58. The molecule has 0 amide bonds. The standard InChI is InChI=1S/C11H13ClN2OS/c1-2-5-14-7-8(6-13-14)11(15)9-3-4-10(12)16-9/h3-4,6-7,11,15H,2,5H2,1H3. The summed E-state index contributed by atoms with van der Waals surface area (Å²) in [6.45, 7) is 2.97. The first kappa shape index (κ1) is 11.6. The van der Waals surface area contributed by atoms with Crippen LogP contribution < -0.4 is 0 Å². The zero-order valence-electron chi connectivity index (χ0n) is 8.93. The highest BCUT2D eigenvalue weighted by molar-refractivity contribution is 7.16. The molecule has 2 aromatic heterocycles. The molecule has 0 radical (unpaired) electrons. The molecule has 0 saturated carbocycles. The first-order valence-electron chi connectivity index (χ1n) is 5.16. The van der Waals surface area contributed by atoms with Crippen molar-refractivity contribution < 1.29 is 5.11 Å². The first-order valence-corrected chi connectivity index (χ1v) is 6.36. The second kappa shape index (κ2) is 4.99. The van der Waals surface area contributed by atoms with E-state index in [2.05, 4.69) is 12.0 Å². The van der Waals surface area contributed by atoms with Gasteiger partial charge in [0.05, 0.1) is 10.5 Å². The van der Waals surface area contributed by atoms with Crippen molar-refractivity contribution in [3.63, 3.8) is 0 Å². The van der Waals surface area contributed by atoms with E-state index in [9.17, 15) is 5.11 Å². The summed E-state index contributed by atoms with van der Waals surface area (Å²) in [6, 6.07) is 3.63. The van der Waals surface area contributed by atoms with Gasteiger partial charge in [-0.1, -0.05) is 18.5 Å². The largest absolute Gasteiger partial charge is 0.383 e. The second-order valence-corrected chi connectivity index (χ2v) is 5.33. The van der Waals surface area contributed by atoms with E-state index in [4.69, 9.17) is 11.6 Å². The predicted molar refractivity (Wildman–Crippen MR) is 65.9 cm³/mol. The SMILES string of the molecule is CCCn1cc(C(O)c2ccc(Cl)s2)cn1. The molecule has 5 heteroatoms. The van der Waals surface area contributed by atoms with Crippen molar-refractivity contribution in [3.05, 3.63) is 39.3 Å². The fraction of sp³-hybridized carbons (Fsp3) is 0.364. The summed E-state index contributed by atoms with van der Waals surface area (Å²) in [5.74, 6) is 0. The molecule has 0 spiro atoms. The number of rotatable bonds is 4. The number of aromatic nitrogens is 2. The Kier molecular flexibility index (Phi) is 3.63. The number of aliphatic hydroxyl groups excluding tert-OH is 1. The molecule has 2 aromatic rings. The van der Waals surface area contributed by atoms with Crippen molar-refractivity contribution >= 4 is 22.9 Å². The first-order chi connectivity index (χ1) is 7.70. The number of aryl methyl sites for hydroxylation is 1. The highest BCUT2D eigenvalue weighted by Crippen LogP contribution is 2.30. The van der Waals surface area contributed by atoms with E-state index in [1.54, 1.807) is 12.3 Å². The molecular weight excluding hydrogens is 244 g/mol. The summed E-state index contributed by atoms with van der Waals surface area (Å²) in [6.07, 6.45) is 3.99. The average Bonchev–Trinajstić information content (AvgIpc) is 2.87. The lowest BCUT2D eigenvalue weighted by Gasteiger charge is -2.04. The van der Waals surface area contributed by atoms with Crippen molar-refractivity contribution in [2.45, 2.75) is 26.0 Å². The van der Waals surface area contributed by atoms with Crippen LogP contribution in [-0.2, 0) is 6.54 Å². The van der Waals surface area contributed by atoms with E-state index in [1.807, 2.05) is 16.9 Å². The molecule has 16 heavy (non-hydrogen) atoms. The van der Waals surface area contributed by atoms with Gasteiger partial charge in [-0.3, -0.25) is 4.68 Å². The monoisotopic (exact) mass is 256 g/mol. The molecular formula is C11H13ClN2OS. The molecule has 0 aliphatic heterocycles. The van der Waals surface area contributed by atoms with Gasteiger partial charge in [-0.15, -0.1) is 11.3 Å². The van der Waals surface area contributed by atoms with Gasteiger partial charge in [-0.2, -0.15) is 5.10 Å². The van der Waals surface area contributed by atoms with E-state index >= 15 is 0 Å². The maximum absolute atomic E-state index is 10.1. The molecule has 0 fully saturated rings. The minimum absolute atomic E-state index is 0.622. The van der Waals surface area contributed by atoms with Crippen LogP contribution in [0.15, 0.2) is 24.5 Å². The molecule has 86 valence electrons. The average molecular weight is 257 g/mol. The minimum Gasteiger partial charge on any atom is -0.383 e. The third kappa shape index (κ3) is 2.45. The van der Waals surface area contributed by atoms with Gasteiger partial charge in [0.25, 0.3) is 0 Å². The Bertz CT molecular complexity index is 466. The Balaban J connectivity index is 2.17. The number of aliphatic hydroxyl groups is 1. The van der Waals surface area contributed by atoms with Crippen molar-refractivity contribution in [2.24, 2.45) is 0 Å². The maximum Gasteiger partial charge on any atom is 0.116 e. The van der Waals surface area contributed by atoms with Gasteiger partial charge in [-0.25, -0.2) is 0 Å². The normalized spacial score (nSPS) is 12.9. The van der Waals surface area contributed by atoms with Gasteiger partial charge in [0.1, 0.15) is 6.10 Å². The third-order valence-electron chi connectivity index (χ3n) is 2.29. The predicted octanol–water partition coefficient (Wildman–Crippen LogP) is 3.09. The molecule has 0 saturated heterocycles. The molecule has 1 N–H and O–H groups in total. The number of nitrogens with zero attached hydrogens (tertiary/aromatic N) is 2. The van der Waals surface area contributed by atoms with Crippen molar-refractivity contribution in [1.29, 1.82) is 0 Å². The van der Waals surface area contributed by atoms with Crippen LogP contribution in [0.1, 0.15) is 29.9 Å². The Morgan fingerprint density at radius 1 is 1.56 bits per heavy atom. The number of halogens is 1. The molecule has 0 aliphatic rings. The summed E-state index contributed by atoms with van der Waals surface area (Å²) >= 11 is 7.23. The van der Waals surface area contributed by atoms with Crippen LogP contribution in [0.5, 0.6) is 0 Å². The lowest BCUT2D eigenvalue weighted by atomic mass is 10.2. The smallest absolute Gasteiger partial charge is 0.116 e. The molecule has 0 bridgehead atoms. The minimum atomic E-state index is -0.622.